The SMILES string of the molecule is C/C=C1\C=C(\C)[C@](C)(O)C(=O)OCC2=CCN3CC[C@@H](OC1=O)[C@H]23. The van der Waals surface area contributed by atoms with Gasteiger partial charge in [0.25, 0.3) is 0 Å². The number of hydrogen-bond acceptors (Lipinski definition) is 6. The number of allylic oxidation sites excluding steroid dienone is 1. The maximum Gasteiger partial charge on any atom is 0.342 e. The van der Waals surface area contributed by atoms with Crippen LogP contribution < -0.4 is 0 Å². The molecule has 0 spiro atoms. The molecule has 130 valence electrons. The third-order valence-electron chi connectivity index (χ3n) is 5.13. The van der Waals surface area contributed by atoms with Gasteiger partial charge in [-0.25, -0.2) is 9.59 Å². The minimum absolute atomic E-state index is 0.0469. The molecule has 0 bridgehead atoms. The van der Waals surface area contributed by atoms with Crippen molar-refractivity contribution in [3.8, 4) is 0 Å². The standard InChI is InChI=1S/C18H23NO5/c1-4-12-9-11(2)18(3,22)17(21)23-10-13-5-7-19-8-6-14(15(13)19)24-16(12)20/h4-5,9,14-15,22H,6-8,10H2,1-3H3/b11-9-,12-4+/t14-,15+,18+/m1/s1. The van der Waals surface area contributed by atoms with Gasteiger partial charge in [-0.3, -0.25) is 4.90 Å². The molecule has 3 heterocycles. The van der Waals surface area contributed by atoms with Crippen molar-refractivity contribution in [3.63, 3.8) is 0 Å². The van der Waals surface area contributed by atoms with Crippen molar-refractivity contribution >= 4 is 11.9 Å². The van der Waals surface area contributed by atoms with E-state index in [1.54, 1.807) is 19.9 Å². The lowest BCUT2D eigenvalue weighted by atomic mass is 9.94. The number of rotatable bonds is 0. The van der Waals surface area contributed by atoms with Crippen LogP contribution in [0.2, 0.25) is 0 Å². The summed E-state index contributed by atoms with van der Waals surface area (Å²) in [6.07, 6.45) is 5.64. The van der Waals surface area contributed by atoms with Crippen molar-refractivity contribution in [1.29, 1.82) is 0 Å². The van der Waals surface area contributed by atoms with Crippen molar-refractivity contribution < 1.29 is 24.2 Å². The van der Waals surface area contributed by atoms with Crippen LogP contribution in [0.15, 0.2) is 34.9 Å². The molecule has 0 aromatic heterocycles. The van der Waals surface area contributed by atoms with Crippen LogP contribution in [0, 0.1) is 0 Å². The summed E-state index contributed by atoms with van der Waals surface area (Å²) in [5.41, 5.74) is -0.202. The second-order valence-electron chi connectivity index (χ2n) is 6.67. The van der Waals surface area contributed by atoms with Crippen LogP contribution >= 0.6 is 0 Å². The van der Waals surface area contributed by atoms with E-state index in [2.05, 4.69) is 4.90 Å². The summed E-state index contributed by atoms with van der Waals surface area (Å²) in [6.45, 7) is 6.40. The van der Waals surface area contributed by atoms with E-state index in [1.165, 1.54) is 13.0 Å². The molecule has 6 heteroatoms. The summed E-state index contributed by atoms with van der Waals surface area (Å²) < 4.78 is 11.1. The number of aliphatic hydroxyl groups is 1. The maximum absolute atomic E-state index is 12.5. The van der Waals surface area contributed by atoms with E-state index < -0.39 is 17.5 Å². The Hall–Kier alpha value is -1.92. The fraction of sp³-hybridized carbons (Fsp3) is 0.556. The number of carbonyl (C=O) groups is 2. The Morgan fingerprint density at radius 3 is 2.88 bits per heavy atom. The second kappa shape index (κ2) is 6.18. The van der Waals surface area contributed by atoms with Gasteiger partial charge in [0.05, 0.1) is 11.6 Å². The number of cyclic esters (lactones) is 1. The van der Waals surface area contributed by atoms with E-state index in [1.807, 2.05) is 6.08 Å². The van der Waals surface area contributed by atoms with Crippen molar-refractivity contribution in [2.75, 3.05) is 19.7 Å². The predicted molar refractivity (Wildman–Crippen MR) is 87.0 cm³/mol. The average molecular weight is 333 g/mol. The zero-order chi connectivity index (χ0) is 17.5. The van der Waals surface area contributed by atoms with Crippen LogP contribution in [0.4, 0.5) is 0 Å². The van der Waals surface area contributed by atoms with Crippen LogP contribution in [0.3, 0.4) is 0 Å². The molecular weight excluding hydrogens is 310 g/mol. The Labute approximate surface area is 141 Å². The fourth-order valence-corrected chi connectivity index (χ4v) is 3.42. The summed E-state index contributed by atoms with van der Waals surface area (Å²) in [6, 6.07) is -0.0469. The number of hydrogen-bond donors (Lipinski definition) is 1. The smallest absolute Gasteiger partial charge is 0.342 e. The zero-order valence-corrected chi connectivity index (χ0v) is 14.2. The molecule has 3 aliphatic heterocycles. The average Bonchev–Trinajstić information content (AvgIpc) is 3.12. The van der Waals surface area contributed by atoms with Crippen molar-refractivity contribution in [2.24, 2.45) is 0 Å². The van der Waals surface area contributed by atoms with E-state index in [0.717, 1.165) is 25.1 Å². The fourth-order valence-electron chi connectivity index (χ4n) is 3.42. The Morgan fingerprint density at radius 2 is 2.17 bits per heavy atom. The lowest BCUT2D eigenvalue weighted by molar-refractivity contribution is -0.159. The zero-order valence-electron chi connectivity index (χ0n) is 14.2. The van der Waals surface area contributed by atoms with Gasteiger partial charge in [-0.1, -0.05) is 12.2 Å². The molecule has 3 rings (SSSR count). The summed E-state index contributed by atoms with van der Waals surface area (Å²) >= 11 is 0. The quantitative estimate of drug-likeness (QED) is 0.407. The normalized spacial score (nSPS) is 38.4. The number of esters is 2. The summed E-state index contributed by atoms with van der Waals surface area (Å²) in [4.78, 5) is 27.0. The Kier molecular flexibility index (Phi) is 4.36. The number of nitrogens with zero attached hydrogens (tertiary/aromatic N) is 1. The van der Waals surface area contributed by atoms with Crippen LogP contribution in [0.5, 0.6) is 0 Å². The van der Waals surface area contributed by atoms with E-state index >= 15 is 0 Å². The third-order valence-corrected chi connectivity index (χ3v) is 5.13. The molecule has 6 nitrogen and oxygen atoms in total. The minimum Gasteiger partial charge on any atom is -0.459 e. The van der Waals surface area contributed by atoms with E-state index in [9.17, 15) is 14.7 Å². The Bertz CT molecular complexity index is 658. The Morgan fingerprint density at radius 1 is 1.42 bits per heavy atom. The first-order chi connectivity index (χ1) is 11.3. The van der Waals surface area contributed by atoms with Gasteiger partial charge in [-0.2, -0.15) is 0 Å². The second-order valence-corrected chi connectivity index (χ2v) is 6.67. The lowest BCUT2D eigenvalue weighted by Crippen LogP contribution is -2.41. The summed E-state index contributed by atoms with van der Waals surface area (Å²) in [5.74, 6) is -1.14. The number of carbonyl (C=O) groups excluding carboxylic acids is 2. The molecule has 3 atom stereocenters. The highest BCUT2D eigenvalue weighted by Gasteiger charge is 2.43. The summed E-state index contributed by atoms with van der Waals surface area (Å²) in [7, 11) is 0. The molecule has 3 aliphatic rings. The van der Waals surface area contributed by atoms with Crippen molar-refractivity contribution in [1.82, 2.24) is 4.90 Å². The highest BCUT2D eigenvalue weighted by atomic mass is 16.6. The highest BCUT2D eigenvalue weighted by Crippen LogP contribution is 2.33. The largest absolute Gasteiger partial charge is 0.459 e. The van der Waals surface area contributed by atoms with Crippen LogP contribution in [0.1, 0.15) is 27.2 Å². The molecule has 0 aliphatic carbocycles. The molecule has 0 unspecified atom stereocenters. The topological polar surface area (TPSA) is 76.1 Å². The van der Waals surface area contributed by atoms with E-state index in [-0.39, 0.29) is 18.8 Å². The van der Waals surface area contributed by atoms with E-state index in [4.69, 9.17) is 9.47 Å². The first-order valence-corrected chi connectivity index (χ1v) is 8.23. The van der Waals surface area contributed by atoms with Crippen LogP contribution in [-0.2, 0) is 19.1 Å². The first kappa shape index (κ1) is 16.9. The molecule has 0 amide bonds. The summed E-state index contributed by atoms with van der Waals surface area (Å²) in [5, 5.41) is 10.5. The molecule has 1 saturated heterocycles. The molecule has 1 fully saturated rings. The third kappa shape index (κ3) is 2.80. The molecule has 0 radical (unpaired) electrons. The number of ether oxygens (including phenoxy) is 2. The molecule has 0 aromatic carbocycles. The molecule has 0 saturated carbocycles. The van der Waals surface area contributed by atoms with Gasteiger partial charge in [-0.05, 0) is 44.4 Å². The monoisotopic (exact) mass is 333 g/mol. The lowest BCUT2D eigenvalue weighted by Gasteiger charge is -2.27. The predicted octanol–water partition coefficient (Wildman–Crippen LogP) is 1.11. The molecule has 0 aromatic rings. The minimum atomic E-state index is -1.79. The maximum atomic E-state index is 12.5. The van der Waals surface area contributed by atoms with Crippen molar-refractivity contribution in [3.05, 3.63) is 34.9 Å². The highest BCUT2D eigenvalue weighted by molar-refractivity contribution is 5.93. The van der Waals surface area contributed by atoms with E-state index in [0.29, 0.717) is 11.1 Å². The first-order valence-electron chi connectivity index (χ1n) is 8.23. The van der Waals surface area contributed by atoms with Gasteiger partial charge in [0.1, 0.15) is 12.7 Å². The molecular formula is C18H23NO5. The van der Waals surface area contributed by atoms with Crippen molar-refractivity contribution in [2.45, 2.75) is 44.9 Å². The van der Waals surface area contributed by atoms with Gasteiger partial charge in [-0.15, -0.1) is 0 Å². The van der Waals surface area contributed by atoms with Gasteiger partial charge in [0.2, 0.25) is 0 Å². The van der Waals surface area contributed by atoms with Crippen LogP contribution in [-0.4, -0.2) is 59.4 Å². The molecule has 1 N–H and O–H groups in total. The Balaban J connectivity index is 1.98. The van der Waals surface area contributed by atoms with Gasteiger partial charge in [0, 0.05) is 13.1 Å². The van der Waals surface area contributed by atoms with Gasteiger partial charge >= 0.3 is 11.9 Å². The van der Waals surface area contributed by atoms with Crippen LogP contribution in [0.25, 0.3) is 0 Å². The van der Waals surface area contributed by atoms with Gasteiger partial charge < -0.3 is 14.6 Å². The molecule has 24 heavy (non-hydrogen) atoms. The van der Waals surface area contributed by atoms with Gasteiger partial charge in [0.15, 0.2) is 5.60 Å².